The number of fused-ring (bicyclic) bond motifs is 6. The molecule has 0 bridgehead atoms. The van der Waals surface area contributed by atoms with Crippen LogP contribution >= 0.6 is 0 Å². The Kier molecular flexibility index (Phi) is 117. The van der Waals surface area contributed by atoms with Crippen LogP contribution < -0.4 is 0 Å². The van der Waals surface area contributed by atoms with Gasteiger partial charge in [0.2, 0.25) is 0 Å². The van der Waals surface area contributed by atoms with Gasteiger partial charge < -0.3 is 9.55 Å². The van der Waals surface area contributed by atoms with Gasteiger partial charge in [0.05, 0.1) is 11.0 Å². The second-order valence-corrected chi connectivity index (χ2v) is 195. The molecule has 0 aliphatic carbocycles. The summed E-state index contributed by atoms with van der Waals surface area (Å²) in [4.78, 5) is 3.55. The van der Waals surface area contributed by atoms with E-state index in [2.05, 4.69) is 149 Å². The monoisotopic (exact) mass is 3780 g/mol. The summed E-state index contributed by atoms with van der Waals surface area (Å²) in [6.07, 6.45) is 0. The van der Waals surface area contributed by atoms with E-state index in [1.165, 1.54) is 89.3 Å². The van der Waals surface area contributed by atoms with Crippen LogP contribution in [-0.4, -0.2) is 9.55 Å². The lowest BCUT2D eigenvalue weighted by Crippen LogP contribution is -1.93. The molecule has 2 nitrogen and oxygen atoms in total. The van der Waals surface area contributed by atoms with Gasteiger partial charge in [-0.1, -0.05) is 84.9 Å². The van der Waals surface area contributed by atoms with E-state index in [0.717, 1.165) is 0 Å². The van der Waals surface area contributed by atoms with Crippen molar-refractivity contribution in [1.82, 2.24) is 9.55 Å². The van der Waals surface area contributed by atoms with Crippen molar-refractivity contribution in [3.05, 3.63) is 140 Å². The van der Waals surface area contributed by atoms with Gasteiger partial charge in [0.1, 0.15) is 0 Å². The molecular formula is C36H24N2S103. The van der Waals surface area contributed by atoms with Crippen LogP contribution in [0.15, 0.2) is 140 Å². The van der Waals surface area contributed by atoms with Gasteiger partial charge in [0.25, 0.3) is 0 Å². The molecule has 105 heteroatoms. The molecule has 8 aromatic rings. The van der Waals surface area contributed by atoms with Crippen molar-refractivity contribution in [3.8, 4) is 27.9 Å². The quantitative estimate of drug-likeness (QED) is 0.191. The first-order valence-electron chi connectivity index (χ1n) is 30.0. The van der Waals surface area contributed by atoms with Crippen LogP contribution in [0.25, 0.3) is 71.6 Å². The number of para-hydroxylation sites is 2. The summed E-state index contributed by atoms with van der Waals surface area (Å²) >= 11 is 9.66. The maximum Gasteiger partial charge on any atom is 0.0541 e. The average molecular weight is 3790 g/mol. The van der Waals surface area contributed by atoms with Crippen LogP contribution in [0.5, 0.6) is 0 Å². The largest absolute Gasteiger partial charge is 0.355 e. The third-order valence-corrected chi connectivity index (χ3v) is 233. The number of hydrogen-bond donors (Lipinski definition) is 1. The number of aromatic nitrogens is 2. The Balaban J connectivity index is 0.000000574. The Hall–Kier alpha value is 17.6. The summed E-state index contributed by atoms with van der Waals surface area (Å²) < 4.78 is 2.38. The third kappa shape index (κ3) is 82.1. The van der Waals surface area contributed by atoms with E-state index >= 15 is 0 Å². The molecule has 8 rings (SSSR count). The van der Waals surface area contributed by atoms with Crippen molar-refractivity contribution < 1.29 is 0 Å². The van der Waals surface area contributed by atoms with Gasteiger partial charge >= 0.3 is 0 Å². The molecule has 1 N–H and O–H groups in total. The van der Waals surface area contributed by atoms with Crippen molar-refractivity contribution >= 4 is 963 Å². The highest BCUT2D eigenvalue weighted by Crippen LogP contribution is 2.38. The molecule has 0 radical (unpaired) electrons. The Bertz CT molecular complexity index is 11000. The molecule has 0 saturated heterocycles. The standard InChI is InChI=1S/C36H24N2.S103/c1-3-9-24(10-4-1)25-16-19-35-31(22-25)32-23-27(17-20-36(32)38(35)28-11-5-2-6-12-28)26-15-18-34-30(21-26)29-13-7-8-14-33(29)37-34;1-3-5-7-9-11-13-15-17-19-21-23-25-27-29-31-33-35-37-39-41-43-45-47-49-51-53-55-57-59-61-63-65-67-69-71-73-75-77-79-81-83-85-87-89-91-93-95-97-99-101-103-102-100-98-96-94-92-90-88-86-84-82-80-78-76-74-72-70-68-66-64-62-60-58-56-54-52-50-48-46-44-42-40-38-36-34-32-30-28-26-24-22-20-18-16-14-12-10-8-6-4-2/h1-23,37H;. The Morgan fingerprint density at radius 3 is 0.511 bits per heavy atom. The van der Waals surface area contributed by atoms with Crippen LogP contribution in [0.2, 0.25) is 0 Å². The number of benzene rings is 6. The first-order chi connectivity index (χ1) is 70.2. The lowest BCUT2D eigenvalue weighted by atomic mass is 9.99. The number of nitrogens with one attached hydrogen (secondary N) is 1. The maximum atomic E-state index is 4.83. The predicted molar refractivity (Wildman–Crippen MR) is 920 cm³/mol. The smallest absolute Gasteiger partial charge is 0.0541 e. The second kappa shape index (κ2) is 113. The predicted octanol–water partition coefficient (Wildman–Crippen LogP) is 9.50. The van der Waals surface area contributed by atoms with Crippen molar-refractivity contribution in [2.45, 2.75) is 0 Å². The summed E-state index contributed by atoms with van der Waals surface area (Å²) in [5.74, 6) is 0. The first kappa shape index (κ1) is 145. The van der Waals surface area contributed by atoms with Crippen LogP contribution in [0.3, 0.4) is 0 Å². The molecule has 0 aliphatic heterocycles. The van der Waals surface area contributed by atoms with Crippen LogP contribution in [0.4, 0.5) is 0 Å². The van der Waals surface area contributed by atoms with Crippen molar-refractivity contribution in [2.75, 3.05) is 0 Å². The lowest BCUT2D eigenvalue weighted by Gasteiger charge is -2.08. The van der Waals surface area contributed by atoms with Gasteiger partial charge in [0.15, 0.2) is 0 Å². The molecule has 0 fully saturated rings. The maximum absolute atomic E-state index is 4.83. The minimum absolute atomic E-state index is 1.17. The Morgan fingerprint density at radius 1 is 0.135 bits per heavy atom. The van der Waals surface area contributed by atoms with E-state index in [1.807, 2.05) is 773 Å². The summed E-state index contributed by atoms with van der Waals surface area (Å²) in [5.41, 5.74) is 10.9. The van der Waals surface area contributed by atoms with E-state index in [4.69, 9.17) is 22.4 Å². The molecule has 0 spiro atoms. The minimum atomic E-state index is 1.17. The SMILES string of the molecule is S=S=S=S=S=S=S=S=S=S=S=S=S=S=S=S=S=S=S=S=S=S=S=S=S=S=S=S=S=S=S=S=S=S=S=S=S=S=S=S=S=S=S=S=S=S=S=S=S=S=S=S=S=S=S=S=S=S=S=S=S=S=S=S=S=S=S=S=S=S=S=S=S=S=S=S=S=S=S=S=S=S=S=S=S=S=S=S=S=S=S=S=S=S=S=S=S=S=S=S=S=S=S.c1ccc(-c2ccc3c(c2)c2cc(-c4ccc5[nH]c6ccccc6c5c4)ccc2n3-c2ccccc2)cc1. The Labute approximate surface area is 1110 Å². The Morgan fingerprint density at radius 2 is 0.298 bits per heavy atom. The van der Waals surface area contributed by atoms with E-state index in [1.54, 1.807) is 107 Å². The highest BCUT2D eigenvalue weighted by molar-refractivity contribution is 8.88. The van der Waals surface area contributed by atoms with Gasteiger partial charge in [-0.05, 0) is 76.9 Å². The molecule has 0 saturated carbocycles. The van der Waals surface area contributed by atoms with Gasteiger partial charge in [-0.2, -0.15) is 0 Å². The topological polar surface area (TPSA) is 20.7 Å². The first-order valence-corrected chi connectivity index (χ1v) is 166. The number of aromatic amines is 1. The number of nitrogens with zero attached hydrogens (tertiary/aromatic N) is 1. The van der Waals surface area contributed by atoms with E-state index in [9.17, 15) is 0 Å². The minimum Gasteiger partial charge on any atom is -0.355 e. The molecule has 796 valence electrons. The zero-order valence-corrected chi connectivity index (χ0v) is 147. The molecule has 2 heterocycles. The van der Waals surface area contributed by atoms with Crippen molar-refractivity contribution in [2.24, 2.45) is 0 Å². The fraction of sp³-hybridized carbons (Fsp3) is 0. The zero-order valence-electron chi connectivity index (χ0n) is 62.8. The van der Waals surface area contributed by atoms with Gasteiger partial charge in [0, 0.05) is 958 Å². The average Bonchev–Trinajstić information content (AvgIpc) is 1.58. The molecule has 6 aromatic carbocycles. The molecule has 0 atom stereocenters. The fourth-order valence-corrected chi connectivity index (χ4v) is 279. The number of H-pyrrole nitrogens is 1. The molecule has 2 aromatic heterocycles. The van der Waals surface area contributed by atoms with Gasteiger partial charge in [-0.25, -0.2) is 0 Å². The van der Waals surface area contributed by atoms with E-state index in [0.29, 0.717) is 0 Å². The number of hydrogen-bond acceptors (Lipinski definition) is 2. The summed E-state index contributed by atoms with van der Waals surface area (Å²) in [7, 11) is 183. The van der Waals surface area contributed by atoms with Crippen LogP contribution in [0.1, 0.15) is 0 Å². The lowest BCUT2D eigenvalue weighted by molar-refractivity contribution is 1.18. The second-order valence-electron chi connectivity index (χ2n) is 16.8. The molecule has 141 heavy (non-hydrogen) atoms. The highest BCUT2D eigenvalue weighted by Gasteiger charge is 2.15. The molecule has 0 aliphatic rings. The highest BCUT2D eigenvalue weighted by atomic mass is 33.6. The van der Waals surface area contributed by atoms with Gasteiger partial charge in [-0.3, -0.25) is 0 Å². The summed E-state index contributed by atoms with van der Waals surface area (Å²) in [6, 6.07) is 50.3. The summed E-state index contributed by atoms with van der Waals surface area (Å²) in [5, 5.41) is 5.05. The van der Waals surface area contributed by atoms with Gasteiger partial charge in [-0.15, -0.1) is 0 Å². The van der Waals surface area contributed by atoms with E-state index < -0.39 is 0 Å². The van der Waals surface area contributed by atoms with E-state index in [-0.39, 0.29) is 0 Å². The van der Waals surface area contributed by atoms with Crippen LogP contribution in [-0.2, 0) is 919 Å². The van der Waals surface area contributed by atoms with Crippen molar-refractivity contribution in [1.29, 1.82) is 0 Å². The van der Waals surface area contributed by atoms with Crippen molar-refractivity contribution in [3.63, 3.8) is 0 Å². The van der Waals surface area contributed by atoms with Crippen LogP contribution in [0, 0.1) is 0 Å². The third-order valence-electron chi connectivity index (χ3n) is 10.5. The molecular weight excluding hydrogens is 3760 g/mol. The zero-order chi connectivity index (χ0) is 98.5. The normalized spacial score (nSPS) is 8.91. The molecule has 0 unspecified atom stereocenters. The fourth-order valence-electron chi connectivity index (χ4n) is 7.02. The molecule has 0 amide bonds. The summed E-state index contributed by atoms with van der Waals surface area (Å²) in [6.45, 7) is 0. The number of rotatable bonds is 3.